The number of ether oxygens (including phenoxy) is 1. The van der Waals surface area contributed by atoms with Gasteiger partial charge >= 0.3 is 0 Å². The molecule has 0 amide bonds. The van der Waals surface area contributed by atoms with Crippen LogP contribution in [0.25, 0.3) is 37.8 Å². The first-order chi connectivity index (χ1) is 13.7. The number of aryl methyl sites for hydroxylation is 4. The van der Waals surface area contributed by atoms with E-state index in [-0.39, 0.29) is 0 Å². The number of aromatic nitrogens is 2. The lowest BCUT2D eigenvalue weighted by Gasteiger charge is -2.28. The summed E-state index contributed by atoms with van der Waals surface area (Å²) >= 11 is 0. The molecule has 0 saturated heterocycles. The number of hydrogen-bond acceptors (Lipinski definition) is 2. The highest BCUT2D eigenvalue weighted by molar-refractivity contribution is 6.07. The van der Waals surface area contributed by atoms with Gasteiger partial charge < -0.3 is 4.74 Å². The van der Waals surface area contributed by atoms with E-state index in [9.17, 15) is 0 Å². The Kier molecular flexibility index (Phi) is 2.95. The summed E-state index contributed by atoms with van der Waals surface area (Å²) in [4.78, 5) is 8.19. The SMILES string of the molecule is [C-]#[N+]c1cc2c3c([n+](C)cnc3c1)-c1c(c3c4c(cccc4c1C)CCC3)O2. The molecular weight excluding hydrogens is 346 g/mol. The Balaban J connectivity index is 1.85. The smallest absolute Gasteiger partial charge is 0.287 e. The van der Waals surface area contributed by atoms with Gasteiger partial charge in [0.05, 0.1) is 19.2 Å². The minimum Gasteiger partial charge on any atom is -0.457 e. The summed E-state index contributed by atoms with van der Waals surface area (Å²) in [6.45, 7) is 9.64. The van der Waals surface area contributed by atoms with Crippen molar-refractivity contribution in [1.82, 2.24) is 4.98 Å². The zero-order valence-corrected chi connectivity index (χ0v) is 15.8. The Bertz CT molecular complexity index is 1400. The number of hydrogen-bond donors (Lipinski definition) is 0. The number of benzene rings is 3. The molecule has 1 aliphatic heterocycles. The van der Waals surface area contributed by atoms with Gasteiger partial charge in [-0.15, -0.1) is 0 Å². The molecular formula is C24H18N3O+. The average molecular weight is 364 g/mol. The fourth-order valence-electron chi connectivity index (χ4n) is 5.00. The lowest BCUT2D eigenvalue weighted by molar-refractivity contribution is -0.662. The summed E-state index contributed by atoms with van der Waals surface area (Å²) in [5, 5.41) is 3.68. The van der Waals surface area contributed by atoms with E-state index in [2.05, 4.69) is 39.5 Å². The summed E-state index contributed by atoms with van der Waals surface area (Å²) in [7, 11) is 2.04. The van der Waals surface area contributed by atoms with Crippen LogP contribution in [0.15, 0.2) is 36.7 Å². The molecule has 0 N–H and O–H groups in total. The van der Waals surface area contributed by atoms with E-state index in [1.165, 1.54) is 33.0 Å². The van der Waals surface area contributed by atoms with Gasteiger partial charge in [0.15, 0.2) is 16.9 Å². The van der Waals surface area contributed by atoms with E-state index < -0.39 is 0 Å². The molecule has 4 heteroatoms. The fourth-order valence-corrected chi connectivity index (χ4v) is 5.00. The van der Waals surface area contributed by atoms with E-state index >= 15 is 0 Å². The minimum absolute atomic E-state index is 0.560. The number of fused-ring (bicyclic) bond motifs is 3. The second kappa shape index (κ2) is 5.30. The molecule has 4 nitrogen and oxygen atoms in total. The Morgan fingerprint density at radius 3 is 2.93 bits per heavy atom. The third kappa shape index (κ3) is 1.83. The first kappa shape index (κ1) is 15.6. The lowest BCUT2D eigenvalue weighted by Crippen LogP contribution is -2.33. The Morgan fingerprint density at radius 2 is 2.07 bits per heavy atom. The molecule has 1 aliphatic carbocycles. The summed E-state index contributed by atoms with van der Waals surface area (Å²) in [6, 6.07) is 10.4. The van der Waals surface area contributed by atoms with Crippen molar-refractivity contribution >= 4 is 27.4 Å². The average Bonchev–Trinajstić information content (AvgIpc) is 2.73. The molecule has 0 unspecified atom stereocenters. The topological polar surface area (TPSA) is 30.4 Å². The molecule has 28 heavy (non-hydrogen) atoms. The molecule has 134 valence electrons. The predicted octanol–water partition coefficient (Wildman–Crippen LogP) is 5.33. The van der Waals surface area contributed by atoms with Crippen LogP contribution in [0.2, 0.25) is 0 Å². The van der Waals surface area contributed by atoms with Gasteiger partial charge in [0.1, 0.15) is 16.9 Å². The maximum atomic E-state index is 7.44. The molecule has 0 saturated carbocycles. The zero-order valence-electron chi connectivity index (χ0n) is 15.8. The van der Waals surface area contributed by atoms with Crippen molar-refractivity contribution in [3.8, 4) is 22.8 Å². The molecule has 0 bridgehead atoms. The maximum absolute atomic E-state index is 7.44. The standard InChI is InChI=1S/C24H18N3O/c1-13-16-8-4-6-14-7-5-9-17(21(14)16)24-20(13)23-22-18(26-12-27(23)3)10-15(25-2)11-19(22)28-24/h4,6,8,10-12H,5,7,9H2,1,3H3/q+1. The molecule has 0 radical (unpaired) electrons. The highest BCUT2D eigenvalue weighted by Crippen LogP contribution is 2.52. The molecule has 3 aromatic carbocycles. The Labute approximate surface area is 162 Å². The van der Waals surface area contributed by atoms with Crippen LogP contribution in [-0.2, 0) is 19.9 Å². The summed E-state index contributed by atoms with van der Waals surface area (Å²) < 4.78 is 8.64. The summed E-state index contributed by atoms with van der Waals surface area (Å²) in [5.74, 6) is 1.71. The third-order valence-corrected chi connectivity index (χ3v) is 6.21. The van der Waals surface area contributed by atoms with Gasteiger partial charge in [0, 0.05) is 5.56 Å². The molecule has 2 heterocycles. The fraction of sp³-hybridized carbons (Fsp3) is 0.208. The van der Waals surface area contributed by atoms with Crippen LogP contribution in [0.5, 0.6) is 11.5 Å². The van der Waals surface area contributed by atoms with Crippen molar-refractivity contribution < 1.29 is 9.30 Å². The molecule has 6 rings (SSSR count). The van der Waals surface area contributed by atoms with Gasteiger partial charge in [0.2, 0.25) is 0 Å². The maximum Gasteiger partial charge on any atom is 0.287 e. The summed E-state index contributed by atoms with van der Waals surface area (Å²) in [6.07, 6.45) is 5.12. The van der Waals surface area contributed by atoms with Crippen LogP contribution in [0.4, 0.5) is 5.69 Å². The van der Waals surface area contributed by atoms with Crippen molar-refractivity contribution in [2.45, 2.75) is 26.2 Å². The molecule has 0 spiro atoms. The summed E-state index contributed by atoms with van der Waals surface area (Å²) in [5.41, 5.74) is 7.64. The quantitative estimate of drug-likeness (QED) is 0.274. The van der Waals surface area contributed by atoms with Crippen LogP contribution in [0.3, 0.4) is 0 Å². The van der Waals surface area contributed by atoms with Gasteiger partial charge in [-0.3, -0.25) is 0 Å². The van der Waals surface area contributed by atoms with Crippen LogP contribution < -0.4 is 9.30 Å². The Morgan fingerprint density at radius 1 is 1.18 bits per heavy atom. The van der Waals surface area contributed by atoms with Crippen LogP contribution in [0.1, 0.15) is 23.1 Å². The first-order valence-corrected chi connectivity index (χ1v) is 9.62. The predicted molar refractivity (Wildman–Crippen MR) is 109 cm³/mol. The highest BCUT2D eigenvalue weighted by Gasteiger charge is 2.33. The monoisotopic (exact) mass is 364 g/mol. The van der Waals surface area contributed by atoms with Gasteiger partial charge in [-0.05, 0) is 65.2 Å². The number of rotatable bonds is 0. The van der Waals surface area contributed by atoms with Crippen LogP contribution in [-0.4, -0.2) is 4.98 Å². The van der Waals surface area contributed by atoms with Gasteiger partial charge in [-0.1, -0.05) is 18.2 Å². The van der Waals surface area contributed by atoms with Crippen molar-refractivity contribution in [2.24, 2.45) is 7.05 Å². The molecule has 4 aromatic rings. The largest absolute Gasteiger partial charge is 0.457 e. The van der Waals surface area contributed by atoms with Crippen molar-refractivity contribution in [3.63, 3.8) is 0 Å². The van der Waals surface area contributed by atoms with Crippen LogP contribution >= 0.6 is 0 Å². The first-order valence-electron chi connectivity index (χ1n) is 9.62. The third-order valence-electron chi connectivity index (χ3n) is 6.21. The highest BCUT2D eigenvalue weighted by atomic mass is 16.5. The van der Waals surface area contributed by atoms with Crippen molar-refractivity contribution in [2.75, 3.05) is 0 Å². The molecule has 0 atom stereocenters. The van der Waals surface area contributed by atoms with E-state index in [0.29, 0.717) is 5.69 Å². The molecule has 0 fully saturated rings. The Hall–Kier alpha value is -3.45. The van der Waals surface area contributed by atoms with Gasteiger partial charge in [-0.25, -0.2) is 9.41 Å². The zero-order chi connectivity index (χ0) is 19.0. The van der Waals surface area contributed by atoms with Crippen LogP contribution in [0, 0.1) is 13.5 Å². The minimum atomic E-state index is 0.560. The van der Waals surface area contributed by atoms with E-state index in [1.807, 2.05) is 25.5 Å². The van der Waals surface area contributed by atoms with E-state index in [1.54, 1.807) is 0 Å². The molecule has 1 aromatic heterocycles. The second-order valence-corrected chi connectivity index (χ2v) is 7.76. The van der Waals surface area contributed by atoms with Gasteiger partial charge in [0.25, 0.3) is 6.33 Å². The lowest BCUT2D eigenvalue weighted by atomic mass is 9.82. The van der Waals surface area contributed by atoms with Crippen molar-refractivity contribution in [3.05, 3.63) is 64.8 Å². The van der Waals surface area contributed by atoms with E-state index in [4.69, 9.17) is 11.3 Å². The van der Waals surface area contributed by atoms with Crippen molar-refractivity contribution in [1.29, 1.82) is 0 Å². The molecule has 2 aliphatic rings. The second-order valence-electron chi connectivity index (χ2n) is 7.76. The van der Waals surface area contributed by atoms with E-state index in [0.717, 1.165) is 47.4 Å². The normalized spacial score (nSPS) is 13.9. The number of nitrogens with zero attached hydrogens (tertiary/aromatic N) is 3. The van der Waals surface area contributed by atoms with Gasteiger partial charge in [-0.2, -0.15) is 0 Å².